The number of carbonyl (C=O) groups excluding carboxylic acids is 1. The Hall–Kier alpha value is -1.36. The molecule has 0 saturated carbocycles. The van der Waals surface area contributed by atoms with Crippen LogP contribution in [0.2, 0.25) is 0 Å². The minimum atomic E-state index is -0.0849. The summed E-state index contributed by atoms with van der Waals surface area (Å²) in [5, 5.41) is 0. The molecule has 0 radical (unpaired) electrons. The first kappa shape index (κ1) is 13.6. The zero-order valence-electron chi connectivity index (χ0n) is 12.3. The van der Waals surface area contributed by atoms with Crippen LogP contribution in [0.15, 0.2) is 6.20 Å². The number of piperidine rings is 1. The molecule has 0 amide bonds. The first-order chi connectivity index (χ1) is 9.69. The number of methoxy groups -OCH3 is 1. The van der Waals surface area contributed by atoms with Gasteiger partial charge in [0.05, 0.1) is 13.0 Å². The fraction of sp³-hybridized carbons (Fsp3) is 0.733. The van der Waals surface area contributed by atoms with E-state index in [2.05, 4.69) is 21.5 Å². The summed E-state index contributed by atoms with van der Waals surface area (Å²) in [5.74, 6) is 1.74. The van der Waals surface area contributed by atoms with Crippen LogP contribution in [0, 0.1) is 5.92 Å². The molecule has 1 aromatic rings. The molecule has 1 unspecified atom stereocenters. The van der Waals surface area contributed by atoms with Crippen LogP contribution in [0.4, 0.5) is 0 Å². The lowest BCUT2D eigenvalue weighted by atomic mass is 9.94. The third-order valence-electron chi connectivity index (χ3n) is 4.74. The van der Waals surface area contributed by atoms with Gasteiger partial charge in [0, 0.05) is 30.8 Å². The molecule has 2 aliphatic heterocycles. The molecular formula is C15H23N3O2. The maximum Gasteiger partial charge on any atom is 0.309 e. The second-order valence-electron chi connectivity index (χ2n) is 6.05. The van der Waals surface area contributed by atoms with E-state index in [1.54, 1.807) is 0 Å². The highest BCUT2D eigenvalue weighted by Crippen LogP contribution is 2.31. The Labute approximate surface area is 119 Å². The molecule has 0 aromatic carbocycles. The molecule has 0 N–H and O–H groups in total. The summed E-state index contributed by atoms with van der Waals surface area (Å²) in [6.45, 7) is 3.20. The monoisotopic (exact) mass is 277 g/mol. The molecule has 1 saturated heterocycles. The van der Waals surface area contributed by atoms with E-state index in [1.165, 1.54) is 31.5 Å². The van der Waals surface area contributed by atoms with Crippen LogP contribution in [-0.4, -0.2) is 47.7 Å². The van der Waals surface area contributed by atoms with E-state index in [0.717, 1.165) is 32.5 Å². The largest absolute Gasteiger partial charge is 0.469 e. The number of esters is 1. The molecule has 5 nitrogen and oxygen atoms in total. The highest BCUT2D eigenvalue weighted by Gasteiger charge is 2.30. The topological polar surface area (TPSA) is 47.4 Å². The summed E-state index contributed by atoms with van der Waals surface area (Å²) >= 11 is 0. The average Bonchev–Trinajstić information content (AvgIpc) is 2.90. The van der Waals surface area contributed by atoms with Gasteiger partial charge < -0.3 is 14.2 Å². The van der Waals surface area contributed by atoms with Gasteiger partial charge in [0.25, 0.3) is 0 Å². The number of nitrogens with zero attached hydrogens (tertiary/aromatic N) is 3. The number of ether oxygens (including phenoxy) is 1. The van der Waals surface area contributed by atoms with E-state index in [-0.39, 0.29) is 11.9 Å². The van der Waals surface area contributed by atoms with Gasteiger partial charge in [-0.05, 0) is 39.4 Å². The van der Waals surface area contributed by atoms with E-state index >= 15 is 0 Å². The normalized spacial score (nSPS) is 24.4. The maximum atomic E-state index is 11.7. The van der Waals surface area contributed by atoms with Crippen LogP contribution in [-0.2, 0) is 22.5 Å². The predicted molar refractivity (Wildman–Crippen MR) is 75.5 cm³/mol. The Balaban J connectivity index is 1.74. The Morgan fingerprint density at radius 1 is 1.30 bits per heavy atom. The van der Waals surface area contributed by atoms with Gasteiger partial charge in [-0.1, -0.05) is 0 Å². The van der Waals surface area contributed by atoms with Gasteiger partial charge in [0.15, 0.2) is 0 Å². The minimum absolute atomic E-state index is 0.00883. The lowest BCUT2D eigenvalue weighted by Crippen LogP contribution is -2.32. The number of fused-ring (bicyclic) bond motifs is 1. The minimum Gasteiger partial charge on any atom is -0.469 e. The van der Waals surface area contributed by atoms with Crippen LogP contribution < -0.4 is 0 Å². The summed E-state index contributed by atoms with van der Waals surface area (Å²) in [7, 11) is 3.65. The fourth-order valence-corrected chi connectivity index (χ4v) is 3.45. The number of carbonyl (C=O) groups is 1. The van der Waals surface area contributed by atoms with Crippen LogP contribution in [0.3, 0.4) is 0 Å². The Morgan fingerprint density at radius 3 is 2.75 bits per heavy atom. The molecule has 1 fully saturated rings. The molecule has 20 heavy (non-hydrogen) atoms. The Bertz CT molecular complexity index is 489. The highest BCUT2D eigenvalue weighted by atomic mass is 16.5. The van der Waals surface area contributed by atoms with Crippen molar-refractivity contribution >= 4 is 5.97 Å². The van der Waals surface area contributed by atoms with Crippen molar-refractivity contribution in [2.24, 2.45) is 5.92 Å². The quantitative estimate of drug-likeness (QED) is 0.767. The molecule has 0 spiro atoms. The molecule has 0 bridgehead atoms. The zero-order chi connectivity index (χ0) is 14.1. The molecule has 110 valence electrons. The van der Waals surface area contributed by atoms with Gasteiger partial charge in [-0.15, -0.1) is 0 Å². The van der Waals surface area contributed by atoms with E-state index in [1.807, 2.05) is 6.20 Å². The highest BCUT2D eigenvalue weighted by molar-refractivity contribution is 5.72. The van der Waals surface area contributed by atoms with E-state index in [9.17, 15) is 4.79 Å². The third kappa shape index (κ3) is 2.46. The molecule has 3 heterocycles. The summed E-state index contributed by atoms with van der Waals surface area (Å²) in [5.41, 5.74) is 1.19. The van der Waals surface area contributed by atoms with Crippen LogP contribution in [0.5, 0.6) is 0 Å². The molecule has 5 heteroatoms. The third-order valence-corrected chi connectivity index (χ3v) is 4.74. The van der Waals surface area contributed by atoms with Crippen molar-refractivity contribution in [3.8, 4) is 0 Å². The number of aromatic nitrogens is 2. The number of rotatable bonds is 2. The van der Waals surface area contributed by atoms with Gasteiger partial charge >= 0.3 is 5.97 Å². The first-order valence-electron chi connectivity index (χ1n) is 7.49. The lowest BCUT2D eigenvalue weighted by molar-refractivity contribution is -0.146. The van der Waals surface area contributed by atoms with Gasteiger partial charge in [0.2, 0.25) is 0 Å². The predicted octanol–water partition coefficient (Wildman–Crippen LogP) is 1.43. The first-order valence-corrected chi connectivity index (χ1v) is 7.49. The van der Waals surface area contributed by atoms with Crippen molar-refractivity contribution < 1.29 is 9.53 Å². The van der Waals surface area contributed by atoms with Gasteiger partial charge in [0.1, 0.15) is 5.82 Å². The summed E-state index contributed by atoms with van der Waals surface area (Å²) in [4.78, 5) is 18.7. The number of hydrogen-bond donors (Lipinski definition) is 0. The molecule has 1 atom stereocenters. The molecule has 1 aromatic heterocycles. The summed E-state index contributed by atoms with van der Waals surface area (Å²) < 4.78 is 7.21. The molecule has 0 aliphatic carbocycles. The van der Waals surface area contributed by atoms with Crippen LogP contribution in [0.25, 0.3) is 0 Å². The van der Waals surface area contributed by atoms with Gasteiger partial charge in [-0.25, -0.2) is 4.98 Å². The van der Waals surface area contributed by atoms with Gasteiger partial charge in [-0.2, -0.15) is 0 Å². The molecular weight excluding hydrogens is 254 g/mol. The van der Waals surface area contributed by atoms with E-state index in [4.69, 9.17) is 4.74 Å². The van der Waals surface area contributed by atoms with Gasteiger partial charge in [-0.3, -0.25) is 4.79 Å². The lowest BCUT2D eigenvalue weighted by Gasteiger charge is -2.30. The fourth-order valence-electron chi connectivity index (χ4n) is 3.45. The maximum absolute atomic E-state index is 11.7. The summed E-state index contributed by atoms with van der Waals surface area (Å²) in [6.07, 6.45) is 5.98. The number of imidazole rings is 1. The van der Waals surface area contributed by atoms with E-state index in [0.29, 0.717) is 5.92 Å². The second kappa shape index (κ2) is 5.56. The number of likely N-dealkylation sites (tertiary alicyclic amines) is 1. The SMILES string of the molecule is COC(=O)C1CCn2c(cnc2C2CCN(C)CC2)C1. The average molecular weight is 277 g/mol. The smallest absolute Gasteiger partial charge is 0.309 e. The molecule has 3 rings (SSSR count). The van der Waals surface area contributed by atoms with Crippen LogP contribution >= 0.6 is 0 Å². The van der Waals surface area contributed by atoms with E-state index < -0.39 is 0 Å². The molecule has 2 aliphatic rings. The van der Waals surface area contributed by atoms with Crippen molar-refractivity contribution in [1.29, 1.82) is 0 Å². The zero-order valence-corrected chi connectivity index (χ0v) is 12.3. The van der Waals surface area contributed by atoms with Crippen molar-refractivity contribution in [3.05, 3.63) is 17.7 Å². The van der Waals surface area contributed by atoms with Crippen LogP contribution in [0.1, 0.15) is 36.7 Å². The van der Waals surface area contributed by atoms with Crippen molar-refractivity contribution in [2.45, 2.75) is 38.1 Å². The van der Waals surface area contributed by atoms with Crippen molar-refractivity contribution in [3.63, 3.8) is 0 Å². The Kier molecular flexibility index (Phi) is 3.78. The van der Waals surface area contributed by atoms with Crippen molar-refractivity contribution in [2.75, 3.05) is 27.2 Å². The standard InChI is InChI=1S/C15H23N3O2/c1-17-6-3-11(4-7-17)14-16-10-13-9-12(15(19)20-2)5-8-18(13)14/h10-12H,3-9H2,1-2H3. The summed E-state index contributed by atoms with van der Waals surface area (Å²) in [6, 6.07) is 0. The van der Waals surface area contributed by atoms with Crippen molar-refractivity contribution in [1.82, 2.24) is 14.5 Å². The Morgan fingerprint density at radius 2 is 2.05 bits per heavy atom. The number of hydrogen-bond acceptors (Lipinski definition) is 4. The second-order valence-corrected chi connectivity index (χ2v) is 6.05.